The average Bonchev–Trinajstić information content (AvgIpc) is 2.63. The summed E-state index contributed by atoms with van der Waals surface area (Å²) in [5.41, 5.74) is 0.866. The highest BCUT2D eigenvalue weighted by Crippen LogP contribution is 2.23. The number of piperidine rings is 1. The normalized spacial score (nSPS) is 17.5. The van der Waals surface area contributed by atoms with Gasteiger partial charge in [-0.05, 0) is 37.1 Å². The van der Waals surface area contributed by atoms with E-state index in [-0.39, 0.29) is 11.9 Å². The molecule has 1 unspecified atom stereocenters. The first-order chi connectivity index (χ1) is 11.7. The minimum absolute atomic E-state index is 0.0499. The topological polar surface area (TPSA) is 65.5 Å². The molecule has 1 atom stereocenters. The molecule has 24 heavy (non-hydrogen) atoms. The second kappa shape index (κ2) is 7.12. The maximum atomic E-state index is 12.8. The lowest BCUT2D eigenvalue weighted by Gasteiger charge is -2.36. The Kier molecular flexibility index (Phi) is 4.74. The monoisotopic (exact) mass is 324 g/mol. The van der Waals surface area contributed by atoms with Crippen molar-refractivity contribution >= 4 is 23.4 Å². The van der Waals surface area contributed by atoms with Gasteiger partial charge in [0.05, 0.1) is 0 Å². The van der Waals surface area contributed by atoms with Gasteiger partial charge in [-0.25, -0.2) is 9.78 Å². The second-order valence-corrected chi connectivity index (χ2v) is 5.74. The number of aromatic nitrogens is 1. The van der Waals surface area contributed by atoms with Crippen LogP contribution in [0.15, 0.2) is 54.7 Å². The molecule has 0 bridgehead atoms. The molecule has 2 heterocycles. The highest BCUT2D eigenvalue weighted by Gasteiger charge is 2.34. The molecule has 1 aromatic carbocycles. The van der Waals surface area contributed by atoms with Crippen molar-refractivity contribution < 1.29 is 9.59 Å². The van der Waals surface area contributed by atoms with Crippen molar-refractivity contribution in [3.05, 3.63) is 54.7 Å². The Morgan fingerprint density at radius 1 is 1.21 bits per heavy atom. The highest BCUT2D eigenvalue weighted by molar-refractivity contribution is 6.01. The van der Waals surface area contributed by atoms with Crippen LogP contribution in [0.4, 0.5) is 16.3 Å². The van der Waals surface area contributed by atoms with Gasteiger partial charge < -0.3 is 9.80 Å². The van der Waals surface area contributed by atoms with Crippen LogP contribution in [0.5, 0.6) is 0 Å². The molecular formula is C18H20N4O2. The number of carbonyl (C=O) groups is 2. The minimum Gasteiger partial charge on any atom is -0.316 e. The van der Waals surface area contributed by atoms with Gasteiger partial charge in [0.25, 0.3) is 0 Å². The van der Waals surface area contributed by atoms with Crippen LogP contribution < -0.4 is 10.2 Å². The third kappa shape index (κ3) is 3.37. The number of anilines is 2. The number of hydrogen-bond donors (Lipinski definition) is 1. The standard InChI is InChI=1S/C18H20N4O2/c1-21(18(24)20-16-11-5-6-12-19-16)15-10-7-13-22(17(15)23)14-8-3-2-4-9-14/h2-6,8-9,11-12,15H,7,10,13H2,1H3,(H,19,20,24). The Balaban J connectivity index is 1.71. The lowest BCUT2D eigenvalue weighted by Crippen LogP contribution is -2.54. The summed E-state index contributed by atoms with van der Waals surface area (Å²) >= 11 is 0. The Bertz CT molecular complexity index is 705. The predicted molar refractivity (Wildman–Crippen MR) is 92.8 cm³/mol. The van der Waals surface area contributed by atoms with Gasteiger partial charge in [-0.15, -0.1) is 0 Å². The predicted octanol–water partition coefficient (Wildman–Crippen LogP) is 2.74. The van der Waals surface area contributed by atoms with E-state index in [1.54, 1.807) is 36.3 Å². The average molecular weight is 324 g/mol. The van der Waals surface area contributed by atoms with Gasteiger partial charge >= 0.3 is 6.03 Å². The van der Waals surface area contributed by atoms with E-state index in [0.717, 1.165) is 12.1 Å². The number of carbonyl (C=O) groups excluding carboxylic acids is 2. The van der Waals surface area contributed by atoms with Crippen molar-refractivity contribution in [2.45, 2.75) is 18.9 Å². The number of amides is 3. The number of nitrogens with zero attached hydrogens (tertiary/aromatic N) is 3. The van der Waals surface area contributed by atoms with Crippen LogP contribution in [0, 0.1) is 0 Å². The Labute approximate surface area is 141 Å². The molecule has 1 aliphatic heterocycles. The van der Waals surface area contributed by atoms with Crippen molar-refractivity contribution in [1.82, 2.24) is 9.88 Å². The van der Waals surface area contributed by atoms with Gasteiger partial charge in [0.15, 0.2) is 0 Å². The first kappa shape index (κ1) is 16.0. The number of benzene rings is 1. The fourth-order valence-corrected chi connectivity index (χ4v) is 2.86. The minimum atomic E-state index is -0.470. The van der Waals surface area contributed by atoms with Crippen LogP contribution in [0.3, 0.4) is 0 Å². The molecule has 1 saturated heterocycles. The van der Waals surface area contributed by atoms with Gasteiger partial charge in [-0.3, -0.25) is 10.1 Å². The van der Waals surface area contributed by atoms with Crippen LogP contribution in [0.25, 0.3) is 0 Å². The highest BCUT2D eigenvalue weighted by atomic mass is 16.2. The van der Waals surface area contributed by atoms with Crippen molar-refractivity contribution in [3.63, 3.8) is 0 Å². The van der Waals surface area contributed by atoms with Crippen molar-refractivity contribution in [2.24, 2.45) is 0 Å². The fourth-order valence-electron chi connectivity index (χ4n) is 2.86. The zero-order chi connectivity index (χ0) is 16.9. The van der Waals surface area contributed by atoms with E-state index in [1.165, 1.54) is 4.90 Å². The number of likely N-dealkylation sites (N-methyl/N-ethyl adjacent to an activating group) is 1. The van der Waals surface area contributed by atoms with Gasteiger partial charge in [0, 0.05) is 25.5 Å². The van der Waals surface area contributed by atoms with Crippen LogP contribution in [0.2, 0.25) is 0 Å². The van der Waals surface area contributed by atoms with E-state index in [4.69, 9.17) is 0 Å². The molecule has 3 amide bonds. The first-order valence-corrected chi connectivity index (χ1v) is 7.98. The molecule has 3 rings (SSSR count). The summed E-state index contributed by atoms with van der Waals surface area (Å²) in [6.07, 6.45) is 3.12. The number of hydrogen-bond acceptors (Lipinski definition) is 3. The summed E-state index contributed by atoms with van der Waals surface area (Å²) in [6.45, 7) is 0.676. The zero-order valence-corrected chi connectivity index (χ0v) is 13.6. The molecular weight excluding hydrogens is 304 g/mol. The fraction of sp³-hybridized carbons (Fsp3) is 0.278. The second-order valence-electron chi connectivity index (χ2n) is 5.74. The first-order valence-electron chi connectivity index (χ1n) is 7.98. The largest absolute Gasteiger partial charge is 0.323 e. The van der Waals surface area contributed by atoms with E-state index < -0.39 is 6.04 Å². The lowest BCUT2D eigenvalue weighted by atomic mass is 10.0. The van der Waals surface area contributed by atoms with Crippen molar-refractivity contribution in [3.8, 4) is 0 Å². The summed E-state index contributed by atoms with van der Waals surface area (Å²) in [5, 5.41) is 2.72. The Morgan fingerprint density at radius 3 is 2.67 bits per heavy atom. The van der Waals surface area contributed by atoms with E-state index in [0.29, 0.717) is 18.8 Å². The third-order valence-electron chi connectivity index (χ3n) is 4.17. The van der Waals surface area contributed by atoms with Crippen molar-refractivity contribution in [1.29, 1.82) is 0 Å². The van der Waals surface area contributed by atoms with Gasteiger partial charge in [0.1, 0.15) is 11.9 Å². The number of rotatable bonds is 3. The van der Waals surface area contributed by atoms with Crippen molar-refractivity contribution in [2.75, 3.05) is 23.8 Å². The number of urea groups is 1. The van der Waals surface area contributed by atoms with E-state index in [1.807, 2.05) is 30.3 Å². The molecule has 6 nitrogen and oxygen atoms in total. The maximum absolute atomic E-state index is 12.8. The van der Waals surface area contributed by atoms with Crippen LogP contribution in [-0.4, -0.2) is 41.5 Å². The molecule has 1 N–H and O–H groups in total. The summed E-state index contributed by atoms with van der Waals surface area (Å²) in [4.78, 5) is 32.5. The molecule has 124 valence electrons. The van der Waals surface area contributed by atoms with E-state index in [2.05, 4.69) is 10.3 Å². The Hall–Kier alpha value is -2.89. The number of para-hydroxylation sites is 1. The molecule has 0 radical (unpaired) electrons. The smallest absolute Gasteiger partial charge is 0.316 e. The quantitative estimate of drug-likeness (QED) is 0.944. The summed E-state index contributed by atoms with van der Waals surface area (Å²) < 4.78 is 0. The molecule has 1 aromatic heterocycles. The molecule has 0 spiro atoms. The molecule has 6 heteroatoms. The van der Waals surface area contributed by atoms with Crippen LogP contribution in [0.1, 0.15) is 12.8 Å². The lowest BCUT2D eigenvalue weighted by molar-refractivity contribution is -0.123. The molecule has 1 fully saturated rings. The molecule has 0 saturated carbocycles. The number of nitrogens with one attached hydrogen (secondary N) is 1. The number of pyridine rings is 1. The van der Waals surface area contributed by atoms with Gasteiger partial charge in [0.2, 0.25) is 5.91 Å². The van der Waals surface area contributed by atoms with Gasteiger partial charge in [-0.1, -0.05) is 24.3 Å². The van der Waals surface area contributed by atoms with Gasteiger partial charge in [-0.2, -0.15) is 0 Å². The summed E-state index contributed by atoms with van der Waals surface area (Å²) in [6, 6.07) is 14.0. The zero-order valence-electron chi connectivity index (χ0n) is 13.6. The van der Waals surface area contributed by atoms with E-state index in [9.17, 15) is 9.59 Å². The van der Waals surface area contributed by atoms with E-state index >= 15 is 0 Å². The maximum Gasteiger partial charge on any atom is 0.323 e. The summed E-state index contributed by atoms with van der Waals surface area (Å²) in [5.74, 6) is 0.420. The van der Waals surface area contributed by atoms with Crippen LogP contribution >= 0.6 is 0 Å². The van der Waals surface area contributed by atoms with Crippen LogP contribution in [-0.2, 0) is 4.79 Å². The Morgan fingerprint density at radius 2 is 1.96 bits per heavy atom. The molecule has 0 aliphatic carbocycles. The summed E-state index contributed by atoms with van der Waals surface area (Å²) in [7, 11) is 1.65. The molecule has 1 aliphatic rings. The molecule has 2 aromatic rings. The SMILES string of the molecule is CN(C(=O)Nc1ccccn1)C1CCCN(c2ccccc2)C1=O. The third-order valence-corrected chi connectivity index (χ3v) is 4.17.